The molecule has 0 fully saturated rings. The first kappa shape index (κ1) is 12.5. The van der Waals surface area contributed by atoms with Gasteiger partial charge in [0.2, 0.25) is 0 Å². The van der Waals surface area contributed by atoms with Crippen LogP contribution >= 0.6 is 0 Å². The number of nitrogens with one attached hydrogen (secondary N) is 1. The third-order valence-electron chi connectivity index (χ3n) is 2.33. The molecule has 0 radical (unpaired) electrons. The molecular weight excluding hydrogens is 250 g/mol. The first-order chi connectivity index (χ1) is 9.08. The lowest BCUT2D eigenvalue weighted by Crippen LogP contribution is -2.13. The van der Waals surface area contributed by atoms with Crippen LogP contribution in [0.3, 0.4) is 0 Å². The molecule has 0 bridgehead atoms. The fourth-order valence-electron chi connectivity index (χ4n) is 1.48. The van der Waals surface area contributed by atoms with Gasteiger partial charge >= 0.3 is 0 Å². The lowest BCUT2D eigenvalue weighted by atomic mass is 10.2. The standard InChI is InChI=1S/C12H9N3O4/c16-9-5-8(6-13-7-9)12(17)14-10-3-1-2-4-11(10)15(18)19/h1-7,16H,(H,14,17). The van der Waals surface area contributed by atoms with Crippen LogP contribution in [-0.2, 0) is 0 Å². The molecule has 7 nitrogen and oxygen atoms in total. The minimum absolute atomic E-state index is 0.0841. The van der Waals surface area contributed by atoms with Crippen LogP contribution in [0, 0.1) is 10.1 Å². The predicted octanol–water partition coefficient (Wildman–Crippen LogP) is 1.95. The SMILES string of the molecule is O=C(Nc1ccccc1[N+](=O)[O-])c1cncc(O)c1. The molecule has 96 valence electrons. The Morgan fingerprint density at radius 1 is 1.32 bits per heavy atom. The van der Waals surface area contributed by atoms with Crippen molar-refractivity contribution in [2.24, 2.45) is 0 Å². The Balaban J connectivity index is 2.27. The molecule has 1 heterocycles. The molecule has 1 amide bonds. The van der Waals surface area contributed by atoms with Crippen LogP contribution in [0.4, 0.5) is 11.4 Å². The molecular formula is C12H9N3O4. The number of nitro benzene ring substituents is 1. The fraction of sp³-hybridized carbons (Fsp3) is 0. The van der Waals surface area contributed by atoms with Crippen molar-refractivity contribution in [3.05, 3.63) is 58.4 Å². The molecule has 7 heteroatoms. The number of hydrogen-bond donors (Lipinski definition) is 2. The summed E-state index contributed by atoms with van der Waals surface area (Å²) in [5.74, 6) is -0.743. The van der Waals surface area contributed by atoms with E-state index in [1.54, 1.807) is 6.07 Å². The summed E-state index contributed by atoms with van der Waals surface area (Å²) in [6, 6.07) is 7.01. The van der Waals surface area contributed by atoms with Gasteiger partial charge in [-0.25, -0.2) is 0 Å². The normalized spacial score (nSPS) is 9.89. The number of carbonyl (C=O) groups excluding carboxylic acids is 1. The highest BCUT2D eigenvalue weighted by Crippen LogP contribution is 2.23. The molecule has 2 N–H and O–H groups in total. The topological polar surface area (TPSA) is 105 Å². The summed E-state index contributed by atoms with van der Waals surface area (Å²) in [4.78, 5) is 25.7. The van der Waals surface area contributed by atoms with Crippen molar-refractivity contribution in [1.82, 2.24) is 4.98 Å². The van der Waals surface area contributed by atoms with Gasteiger partial charge in [-0.15, -0.1) is 0 Å². The van der Waals surface area contributed by atoms with E-state index in [4.69, 9.17) is 0 Å². The number of pyridine rings is 1. The van der Waals surface area contributed by atoms with Crippen molar-refractivity contribution in [3.8, 4) is 5.75 Å². The third kappa shape index (κ3) is 2.83. The van der Waals surface area contributed by atoms with Crippen molar-refractivity contribution < 1.29 is 14.8 Å². The average molecular weight is 259 g/mol. The Labute approximate surface area is 107 Å². The van der Waals surface area contributed by atoms with Crippen molar-refractivity contribution in [1.29, 1.82) is 0 Å². The van der Waals surface area contributed by atoms with Crippen LogP contribution in [0.2, 0.25) is 0 Å². The third-order valence-corrected chi connectivity index (χ3v) is 2.33. The monoisotopic (exact) mass is 259 g/mol. The van der Waals surface area contributed by atoms with Crippen LogP contribution in [0.1, 0.15) is 10.4 Å². The average Bonchev–Trinajstić information content (AvgIpc) is 2.39. The predicted molar refractivity (Wildman–Crippen MR) is 67.0 cm³/mol. The summed E-state index contributed by atoms with van der Waals surface area (Å²) < 4.78 is 0. The van der Waals surface area contributed by atoms with Gasteiger partial charge in [-0.05, 0) is 12.1 Å². The van der Waals surface area contributed by atoms with E-state index in [-0.39, 0.29) is 22.7 Å². The van der Waals surface area contributed by atoms with Crippen molar-refractivity contribution in [3.63, 3.8) is 0 Å². The number of nitro groups is 1. The highest BCUT2D eigenvalue weighted by Gasteiger charge is 2.15. The highest BCUT2D eigenvalue weighted by atomic mass is 16.6. The van der Waals surface area contributed by atoms with Crippen LogP contribution in [0.25, 0.3) is 0 Å². The molecule has 0 aliphatic heterocycles. The molecule has 0 aliphatic rings. The minimum atomic E-state index is -0.587. The summed E-state index contributed by atoms with van der Waals surface area (Å²) in [7, 11) is 0. The number of anilines is 1. The molecule has 0 saturated carbocycles. The van der Waals surface area contributed by atoms with Gasteiger partial charge in [0.05, 0.1) is 16.7 Å². The number of benzene rings is 1. The highest BCUT2D eigenvalue weighted by molar-refractivity contribution is 6.05. The van der Waals surface area contributed by atoms with Gasteiger partial charge in [-0.1, -0.05) is 12.1 Å². The number of aromatic hydroxyl groups is 1. The molecule has 0 saturated heterocycles. The van der Waals surface area contributed by atoms with Crippen molar-refractivity contribution >= 4 is 17.3 Å². The molecule has 0 spiro atoms. The largest absolute Gasteiger partial charge is 0.506 e. The van der Waals surface area contributed by atoms with E-state index in [0.29, 0.717) is 0 Å². The Morgan fingerprint density at radius 3 is 2.74 bits per heavy atom. The van der Waals surface area contributed by atoms with Gasteiger partial charge in [0, 0.05) is 12.3 Å². The second-order valence-electron chi connectivity index (χ2n) is 3.66. The number of nitrogens with zero attached hydrogens (tertiary/aromatic N) is 2. The molecule has 1 aromatic heterocycles. The van der Waals surface area contributed by atoms with Gasteiger partial charge in [0.1, 0.15) is 11.4 Å². The second-order valence-corrected chi connectivity index (χ2v) is 3.66. The number of hydrogen-bond acceptors (Lipinski definition) is 5. The zero-order chi connectivity index (χ0) is 13.8. The Morgan fingerprint density at radius 2 is 2.05 bits per heavy atom. The van der Waals surface area contributed by atoms with Gasteiger partial charge in [0.15, 0.2) is 0 Å². The minimum Gasteiger partial charge on any atom is -0.506 e. The summed E-state index contributed by atoms with van der Waals surface area (Å²) in [6.45, 7) is 0. The van der Waals surface area contributed by atoms with Gasteiger partial charge in [-0.2, -0.15) is 0 Å². The number of amides is 1. The van der Waals surface area contributed by atoms with Crippen LogP contribution in [-0.4, -0.2) is 20.9 Å². The molecule has 0 aliphatic carbocycles. The first-order valence-corrected chi connectivity index (χ1v) is 5.26. The zero-order valence-electron chi connectivity index (χ0n) is 9.61. The van der Waals surface area contributed by atoms with E-state index in [1.807, 2.05) is 0 Å². The van der Waals surface area contributed by atoms with E-state index in [1.165, 1.54) is 36.7 Å². The maximum absolute atomic E-state index is 11.9. The number of rotatable bonds is 3. The van der Waals surface area contributed by atoms with E-state index in [9.17, 15) is 20.0 Å². The van der Waals surface area contributed by atoms with E-state index >= 15 is 0 Å². The van der Waals surface area contributed by atoms with Gasteiger partial charge in [-0.3, -0.25) is 19.9 Å². The zero-order valence-corrected chi connectivity index (χ0v) is 9.61. The molecule has 0 unspecified atom stereocenters. The quantitative estimate of drug-likeness (QED) is 0.647. The van der Waals surface area contributed by atoms with Crippen LogP contribution < -0.4 is 5.32 Å². The Bertz CT molecular complexity index is 642. The molecule has 2 aromatic rings. The van der Waals surface area contributed by atoms with Crippen LogP contribution in [0.15, 0.2) is 42.7 Å². The maximum Gasteiger partial charge on any atom is 0.292 e. The molecule has 2 rings (SSSR count). The summed E-state index contributed by atoms with van der Waals surface area (Å²) in [5, 5.41) is 22.4. The van der Waals surface area contributed by atoms with Crippen LogP contribution in [0.5, 0.6) is 5.75 Å². The van der Waals surface area contributed by atoms with E-state index in [2.05, 4.69) is 10.3 Å². The smallest absolute Gasteiger partial charge is 0.292 e. The van der Waals surface area contributed by atoms with Gasteiger partial charge < -0.3 is 10.4 Å². The molecule has 19 heavy (non-hydrogen) atoms. The van der Waals surface area contributed by atoms with E-state index < -0.39 is 10.8 Å². The second kappa shape index (κ2) is 5.13. The summed E-state index contributed by atoms with van der Waals surface area (Å²) in [6.07, 6.45) is 2.44. The Kier molecular flexibility index (Phi) is 3.37. The van der Waals surface area contributed by atoms with Crippen molar-refractivity contribution in [2.45, 2.75) is 0 Å². The lowest BCUT2D eigenvalue weighted by molar-refractivity contribution is -0.383. The fourth-order valence-corrected chi connectivity index (χ4v) is 1.48. The summed E-state index contributed by atoms with van der Waals surface area (Å²) in [5.41, 5.74) is -0.0112. The first-order valence-electron chi connectivity index (χ1n) is 5.26. The van der Waals surface area contributed by atoms with Crippen molar-refractivity contribution in [2.75, 3.05) is 5.32 Å². The Hall–Kier alpha value is -2.96. The molecule has 0 atom stereocenters. The van der Waals surface area contributed by atoms with Gasteiger partial charge in [0.25, 0.3) is 11.6 Å². The number of para-hydroxylation sites is 2. The number of aromatic nitrogens is 1. The lowest BCUT2D eigenvalue weighted by Gasteiger charge is -2.05. The molecule has 1 aromatic carbocycles. The summed E-state index contributed by atoms with van der Waals surface area (Å²) >= 11 is 0. The van der Waals surface area contributed by atoms with E-state index in [0.717, 1.165) is 0 Å². The number of carbonyl (C=O) groups is 1. The maximum atomic E-state index is 11.9.